The molecule has 1 saturated heterocycles. The molecule has 186 valence electrons. The van der Waals surface area contributed by atoms with Gasteiger partial charge in [0.05, 0.1) is 24.8 Å². The lowest BCUT2D eigenvalue weighted by Crippen LogP contribution is -2.37. The van der Waals surface area contributed by atoms with E-state index in [1.165, 1.54) is 44.6 Å². The van der Waals surface area contributed by atoms with Crippen molar-refractivity contribution < 1.29 is 26.3 Å². The van der Waals surface area contributed by atoms with E-state index < -0.39 is 20.0 Å². The highest BCUT2D eigenvalue weighted by Gasteiger charge is 2.53. The molecule has 0 amide bonds. The van der Waals surface area contributed by atoms with Gasteiger partial charge < -0.3 is 9.47 Å². The van der Waals surface area contributed by atoms with E-state index in [1.54, 1.807) is 16.4 Å². The third-order valence-electron chi connectivity index (χ3n) is 6.72. The van der Waals surface area contributed by atoms with Crippen LogP contribution in [0.15, 0.2) is 52.3 Å². The summed E-state index contributed by atoms with van der Waals surface area (Å²) in [6.45, 7) is 7.01. The Hall–Kier alpha value is -2.30. The zero-order chi connectivity index (χ0) is 24.9. The Morgan fingerprint density at radius 3 is 2.38 bits per heavy atom. The van der Waals surface area contributed by atoms with Crippen molar-refractivity contribution in [3.8, 4) is 11.5 Å². The van der Waals surface area contributed by atoms with Gasteiger partial charge in [-0.05, 0) is 60.4 Å². The molecule has 2 atom stereocenters. The molecule has 2 aromatic rings. The molecule has 1 heterocycles. The minimum atomic E-state index is -4.07. The average molecular weight is 509 g/mol. The summed E-state index contributed by atoms with van der Waals surface area (Å²) in [5.74, 6) is 0.506. The first-order valence-electron chi connectivity index (χ1n) is 11.2. The lowest BCUT2D eigenvalue weighted by atomic mass is 9.65. The maximum atomic E-state index is 13.6. The molecule has 4 rings (SSSR count). The van der Waals surface area contributed by atoms with Gasteiger partial charge in [-0.3, -0.25) is 4.72 Å². The Balaban J connectivity index is 1.64. The molecular weight excluding hydrogens is 476 g/mol. The highest BCUT2D eigenvalue weighted by Crippen LogP contribution is 2.53. The lowest BCUT2D eigenvalue weighted by Gasteiger charge is -2.39. The SMILES string of the molecule is COc1ccc(OC)c(S(=O)(=O)Nc2cccc(S(=O)(=O)N3C[C@]4(C)C[C@@H]3CC(C)(C)C4)c2)c1. The zero-order valence-electron chi connectivity index (χ0n) is 20.2. The first-order valence-corrected chi connectivity index (χ1v) is 14.1. The molecule has 0 radical (unpaired) electrons. The summed E-state index contributed by atoms with van der Waals surface area (Å²) in [4.78, 5) is -0.0367. The number of nitrogens with zero attached hydrogens (tertiary/aromatic N) is 1. The van der Waals surface area contributed by atoms with E-state index in [0.29, 0.717) is 12.3 Å². The van der Waals surface area contributed by atoms with Crippen molar-refractivity contribution in [2.24, 2.45) is 10.8 Å². The minimum absolute atomic E-state index is 0.0540. The van der Waals surface area contributed by atoms with E-state index in [2.05, 4.69) is 25.5 Å². The normalized spacial score (nSPS) is 24.6. The van der Waals surface area contributed by atoms with Gasteiger partial charge in [0.2, 0.25) is 10.0 Å². The van der Waals surface area contributed by atoms with Crippen molar-refractivity contribution in [2.75, 3.05) is 25.5 Å². The zero-order valence-corrected chi connectivity index (χ0v) is 21.8. The molecule has 2 fully saturated rings. The second kappa shape index (κ2) is 8.42. The van der Waals surface area contributed by atoms with Gasteiger partial charge in [-0.25, -0.2) is 16.8 Å². The summed E-state index contributed by atoms with van der Waals surface area (Å²) in [7, 11) is -5.05. The van der Waals surface area contributed by atoms with Crippen molar-refractivity contribution in [3.05, 3.63) is 42.5 Å². The van der Waals surface area contributed by atoms with Gasteiger partial charge in [-0.15, -0.1) is 0 Å². The van der Waals surface area contributed by atoms with Gasteiger partial charge in [0.25, 0.3) is 10.0 Å². The number of ether oxygens (including phenoxy) is 2. The second-order valence-electron chi connectivity index (χ2n) is 10.4. The number of nitrogens with one attached hydrogen (secondary N) is 1. The predicted molar refractivity (Wildman–Crippen MR) is 130 cm³/mol. The average Bonchev–Trinajstić information content (AvgIpc) is 3.02. The molecule has 1 N–H and O–H groups in total. The molecule has 0 spiro atoms. The van der Waals surface area contributed by atoms with E-state index in [9.17, 15) is 16.8 Å². The number of benzene rings is 2. The van der Waals surface area contributed by atoms with E-state index in [-0.39, 0.29) is 38.1 Å². The largest absolute Gasteiger partial charge is 0.497 e. The quantitative estimate of drug-likeness (QED) is 0.604. The first kappa shape index (κ1) is 24.8. The molecule has 0 unspecified atom stereocenters. The van der Waals surface area contributed by atoms with E-state index in [4.69, 9.17) is 9.47 Å². The van der Waals surface area contributed by atoms with Crippen LogP contribution in [-0.4, -0.2) is 47.9 Å². The lowest BCUT2D eigenvalue weighted by molar-refractivity contribution is 0.133. The number of hydrogen-bond acceptors (Lipinski definition) is 6. The van der Waals surface area contributed by atoms with Crippen LogP contribution in [0.25, 0.3) is 0 Å². The molecular formula is C24H32N2O6S2. The van der Waals surface area contributed by atoms with Crippen molar-refractivity contribution in [1.29, 1.82) is 0 Å². The third kappa shape index (κ3) is 4.63. The fraction of sp³-hybridized carbons (Fsp3) is 0.500. The number of fused-ring (bicyclic) bond motifs is 2. The van der Waals surface area contributed by atoms with Gasteiger partial charge in [0.1, 0.15) is 16.4 Å². The maximum Gasteiger partial charge on any atom is 0.265 e. The van der Waals surface area contributed by atoms with Gasteiger partial charge >= 0.3 is 0 Å². The van der Waals surface area contributed by atoms with Crippen molar-refractivity contribution >= 4 is 25.7 Å². The highest BCUT2D eigenvalue weighted by molar-refractivity contribution is 7.92. The van der Waals surface area contributed by atoms with Crippen LogP contribution in [0.1, 0.15) is 40.0 Å². The number of methoxy groups -OCH3 is 2. The summed E-state index contributed by atoms with van der Waals surface area (Å²) < 4.78 is 67.9. The summed E-state index contributed by atoms with van der Waals surface area (Å²) in [6.07, 6.45) is 2.63. The molecule has 8 nitrogen and oxygen atoms in total. The Kier molecular flexibility index (Phi) is 6.15. The molecule has 2 bridgehead atoms. The maximum absolute atomic E-state index is 13.6. The van der Waals surface area contributed by atoms with Crippen LogP contribution in [0.4, 0.5) is 5.69 Å². The van der Waals surface area contributed by atoms with Crippen LogP contribution >= 0.6 is 0 Å². The Bertz CT molecular complexity index is 1310. The van der Waals surface area contributed by atoms with Crippen LogP contribution in [0.5, 0.6) is 11.5 Å². The van der Waals surface area contributed by atoms with Crippen LogP contribution in [-0.2, 0) is 20.0 Å². The van der Waals surface area contributed by atoms with Gasteiger partial charge in [-0.2, -0.15) is 4.31 Å². The molecule has 2 aromatic carbocycles. The van der Waals surface area contributed by atoms with E-state index in [1.807, 2.05) is 0 Å². The number of rotatable bonds is 7. The molecule has 1 aliphatic heterocycles. The smallest absolute Gasteiger partial charge is 0.265 e. The molecule has 1 aliphatic carbocycles. The molecule has 1 saturated carbocycles. The summed E-state index contributed by atoms with van der Waals surface area (Å²) in [5, 5.41) is 0. The predicted octanol–water partition coefficient (Wildman–Crippen LogP) is 4.09. The third-order valence-corrected chi connectivity index (χ3v) is 10.0. The summed E-state index contributed by atoms with van der Waals surface area (Å²) in [6, 6.07) is 10.3. The molecule has 2 aliphatic rings. The van der Waals surface area contributed by atoms with Gasteiger partial charge in [-0.1, -0.05) is 26.8 Å². The Labute approximate surface area is 202 Å². The minimum Gasteiger partial charge on any atom is -0.497 e. The monoisotopic (exact) mass is 508 g/mol. The van der Waals surface area contributed by atoms with E-state index >= 15 is 0 Å². The van der Waals surface area contributed by atoms with E-state index in [0.717, 1.165) is 19.3 Å². The van der Waals surface area contributed by atoms with Gasteiger partial charge in [0, 0.05) is 18.7 Å². The van der Waals surface area contributed by atoms with Crippen molar-refractivity contribution in [3.63, 3.8) is 0 Å². The summed E-state index contributed by atoms with van der Waals surface area (Å²) in [5.41, 5.74) is 0.177. The van der Waals surface area contributed by atoms with Gasteiger partial charge in [0.15, 0.2) is 0 Å². The van der Waals surface area contributed by atoms with Crippen molar-refractivity contribution in [1.82, 2.24) is 4.31 Å². The number of anilines is 1. The Morgan fingerprint density at radius 1 is 0.971 bits per heavy atom. The van der Waals surface area contributed by atoms with Crippen LogP contribution < -0.4 is 14.2 Å². The second-order valence-corrected chi connectivity index (χ2v) is 14.0. The topological polar surface area (TPSA) is 102 Å². The first-order chi connectivity index (χ1) is 15.8. The fourth-order valence-electron chi connectivity index (χ4n) is 5.75. The van der Waals surface area contributed by atoms with Crippen molar-refractivity contribution in [2.45, 2.75) is 55.9 Å². The summed E-state index contributed by atoms with van der Waals surface area (Å²) >= 11 is 0. The molecule has 34 heavy (non-hydrogen) atoms. The highest BCUT2D eigenvalue weighted by atomic mass is 32.2. The Morgan fingerprint density at radius 2 is 1.71 bits per heavy atom. The van der Waals surface area contributed by atoms with Crippen LogP contribution in [0.2, 0.25) is 0 Å². The number of sulfonamides is 2. The number of hydrogen-bond donors (Lipinski definition) is 1. The molecule has 0 aromatic heterocycles. The molecule has 10 heteroatoms. The fourth-order valence-corrected chi connectivity index (χ4v) is 8.80. The van der Waals surface area contributed by atoms with Crippen LogP contribution in [0, 0.1) is 10.8 Å². The van der Waals surface area contributed by atoms with Crippen LogP contribution in [0.3, 0.4) is 0 Å². The standard InChI is InChI=1S/C24H32N2O6S2/c1-23(2)13-18-14-24(3,15-23)16-26(18)34(29,30)20-8-6-7-17(11-20)25-33(27,28)22-12-19(31-4)9-10-21(22)32-5/h6-12,18,25H,13-16H2,1-5H3/t18-,24+/m0/s1.